The second kappa shape index (κ2) is 5.89. The molecular weight excluding hydrogens is 284 g/mol. The molecule has 2 amide bonds. The van der Waals surface area contributed by atoms with Gasteiger partial charge in [-0.3, -0.25) is 0 Å². The second-order valence-corrected chi connectivity index (χ2v) is 6.29. The third-order valence-electron chi connectivity index (χ3n) is 3.70. The number of benzene rings is 1. The monoisotopic (exact) mass is 304 g/mol. The Kier molecular flexibility index (Phi) is 3.96. The molecule has 1 aliphatic heterocycles. The molecule has 2 aromatic rings. The van der Waals surface area contributed by atoms with E-state index in [9.17, 15) is 4.79 Å². The molecule has 0 spiro atoms. The van der Waals surface area contributed by atoms with Crippen molar-refractivity contribution in [3.8, 4) is 0 Å². The van der Waals surface area contributed by atoms with Crippen LogP contribution in [-0.4, -0.2) is 48.6 Å². The summed E-state index contributed by atoms with van der Waals surface area (Å²) in [5.41, 5.74) is 2.32. The molecule has 1 aliphatic rings. The molecule has 0 saturated carbocycles. The number of fused-ring (bicyclic) bond motifs is 1. The summed E-state index contributed by atoms with van der Waals surface area (Å²) in [5.74, 6) is 0. The minimum atomic E-state index is 0.0390. The summed E-state index contributed by atoms with van der Waals surface area (Å²) in [6.07, 6.45) is 0. The Balaban J connectivity index is 1.69. The lowest BCUT2D eigenvalue weighted by atomic mass is 10.2. The van der Waals surface area contributed by atoms with Gasteiger partial charge >= 0.3 is 6.03 Å². The number of hydrogen-bond acceptors (Lipinski definition) is 4. The Hall–Kier alpha value is -1.82. The topological polar surface area (TPSA) is 48.5 Å². The van der Waals surface area contributed by atoms with Gasteiger partial charge in [-0.1, -0.05) is 17.4 Å². The third kappa shape index (κ3) is 2.95. The van der Waals surface area contributed by atoms with Gasteiger partial charge in [-0.2, -0.15) is 0 Å². The van der Waals surface area contributed by atoms with Gasteiger partial charge in [0.15, 0.2) is 5.13 Å². The van der Waals surface area contributed by atoms with E-state index in [4.69, 9.17) is 4.98 Å². The van der Waals surface area contributed by atoms with E-state index in [1.54, 1.807) is 11.3 Å². The summed E-state index contributed by atoms with van der Waals surface area (Å²) >= 11 is 1.73. The number of urea groups is 1. The SMILES string of the molecule is CCNC(=O)N1CCN(c2nc3ccc(C)cc3s2)CC1. The molecule has 21 heavy (non-hydrogen) atoms. The van der Waals surface area contributed by atoms with Gasteiger partial charge in [-0.25, -0.2) is 9.78 Å². The van der Waals surface area contributed by atoms with Gasteiger partial charge in [0.25, 0.3) is 0 Å². The Bertz CT molecular complexity index is 646. The summed E-state index contributed by atoms with van der Waals surface area (Å²) in [7, 11) is 0. The summed E-state index contributed by atoms with van der Waals surface area (Å²) in [6.45, 7) is 7.91. The summed E-state index contributed by atoms with van der Waals surface area (Å²) in [5, 5.41) is 3.91. The van der Waals surface area contributed by atoms with Crippen LogP contribution in [0, 0.1) is 6.92 Å². The number of nitrogens with one attached hydrogen (secondary N) is 1. The van der Waals surface area contributed by atoms with E-state index in [-0.39, 0.29) is 6.03 Å². The molecule has 6 heteroatoms. The number of anilines is 1. The molecular formula is C15H20N4OS. The van der Waals surface area contributed by atoms with Crippen molar-refractivity contribution >= 4 is 32.7 Å². The van der Waals surface area contributed by atoms with E-state index < -0.39 is 0 Å². The summed E-state index contributed by atoms with van der Waals surface area (Å²) < 4.78 is 1.23. The van der Waals surface area contributed by atoms with Gasteiger partial charge in [0.2, 0.25) is 0 Å². The van der Waals surface area contributed by atoms with Crippen LogP contribution in [0.15, 0.2) is 18.2 Å². The number of aromatic nitrogens is 1. The van der Waals surface area contributed by atoms with Crippen LogP contribution in [-0.2, 0) is 0 Å². The predicted octanol–water partition coefficient (Wildman–Crippen LogP) is 2.46. The molecule has 0 aliphatic carbocycles. The van der Waals surface area contributed by atoms with Gasteiger partial charge < -0.3 is 15.1 Å². The highest BCUT2D eigenvalue weighted by Gasteiger charge is 2.22. The molecule has 0 radical (unpaired) electrons. The van der Waals surface area contributed by atoms with Crippen molar-refractivity contribution in [2.24, 2.45) is 0 Å². The molecule has 0 unspecified atom stereocenters. The molecule has 1 N–H and O–H groups in total. The summed E-state index contributed by atoms with van der Waals surface area (Å²) in [4.78, 5) is 20.7. The standard InChI is InChI=1S/C15H20N4OS/c1-3-16-14(20)18-6-8-19(9-7-18)15-17-12-5-4-11(2)10-13(12)21-15/h4-5,10H,3,6-9H2,1-2H3,(H,16,20). The number of nitrogens with zero attached hydrogens (tertiary/aromatic N) is 3. The molecule has 5 nitrogen and oxygen atoms in total. The zero-order valence-electron chi connectivity index (χ0n) is 12.4. The fraction of sp³-hybridized carbons (Fsp3) is 0.467. The first-order valence-electron chi connectivity index (χ1n) is 7.32. The van der Waals surface area contributed by atoms with E-state index in [0.717, 1.165) is 36.8 Å². The number of hydrogen-bond donors (Lipinski definition) is 1. The maximum absolute atomic E-state index is 11.8. The van der Waals surface area contributed by atoms with E-state index in [0.29, 0.717) is 6.54 Å². The molecule has 1 saturated heterocycles. The van der Waals surface area contributed by atoms with Crippen LogP contribution in [0.25, 0.3) is 10.2 Å². The van der Waals surface area contributed by atoms with Crippen LogP contribution in [0.2, 0.25) is 0 Å². The highest BCUT2D eigenvalue weighted by molar-refractivity contribution is 7.22. The van der Waals surface area contributed by atoms with Crippen LogP contribution < -0.4 is 10.2 Å². The average molecular weight is 304 g/mol. The van der Waals surface area contributed by atoms with Crippen LogP contribution in [0.5, 0.6) is 0 Å². The molecule has 1 aromatic heterocycles. The van der Waals surface area contributed by atoms with E-state index in [2.05, 4.69) is 35.3 Å². The molecule has 112 valence electrons. The van der Waals surface area contributed by atoms with Gasteiger partial charge in [-0.05, 0) is 31.5 Å². The highest BCUT2D eigenvalue weighted by atomic mass is 32.1. The van der Waals surface area contributed by atoms with E-state index in [1.807, 2.05) is 11.8 Å². The van der Waals surface area contributed by atoms with E-state index >= 15 is 0 Å². The maximum atomic E-state index is 11.8. The van der Waals surface area contributed by atoms with Gasteiger partial charge in [0, 0.05) is 32.7 Å². The Labute approximate surface area is 128 Å². The number of carbonyl (C=O) groups excluding carboxylic acids is 1. The van der Waals surface area contributed by atoms with Crippen molar-refractivity contribution in [1.82, 2.24) is 15.2 Å². The first kappa shape index (κ1) is 14.1. The zero-order valence-corrected chi connectivity index (χ0v) is 13.2. The zero-order chi connectivity index (χ0) is 14.8. The quantitative estimate of drug-likeness (QED) is 0.927. The highest BCUT2D eigenvalue weighted by Crippen LogP contribution is 2.29. The van der Waals surface area contributed by atoms with Gasteiger partial charge in [-0.15, -0.1) is 0 Å². The number of rotatable bonds is 2. The Morgan fingerprint density at radius 2 is 2.10 bits per heavy atom. The minimum Gasteiger partial charge on any atom is -0.345 e. The Morgan fingerprint density at radius 3 is 2.81 bits per heavy atom. The molecule has 0 atom stereocenters. The smallest absolute Gasteiger partial charge is 0.317 e. The fourth-order valence-corrected chi connectivity index (χ4v) is 3.63. The molecule has 2 heterocycles. The first-order chi connectivity index (χ1) is 10.2. The van der Waals surface area contributed by atoms with Crippen molar-refractivity contribution in [1.29, 1.82) is 0 Å². The van der Waals surface area contributed by atoms with Crippen LogP contribution in [0.1, 0.15) is 12.5 Å². The van der Waals surface area contributed by atoms with Gasteiger partial charge in [0.1, 0.15) is 0 Å². The first-order valence-corrected chi connectivity index (χ1v) is 8.14. The molecule has 3 rings (SSSR count). The maximum Gasteiger partial charge on any atom is 0.317 e. The summed E-state index contributed by atoms with van der Waals surface area (Å²) in [6, 6.07) is 6.40. The molecule has 1 fully saturated rings. The minimum absolute atomic E-state index is 0.0390. The third-order valence-corrected chi connectivity index (χ3v) is 4.78. The van der Waals surface area contributed by atoms with Gasteiger partial charge in [0.05, 0.1) is 10.2 Å². The number of piperazine rings is 1. The van der Waals surface area contributed by atoms with Crippen LogP contribution in [0.4, 0.5) is 9.93 Å². The number of amides is 2. The van der Waals surface area contributed by atoms with Crippen LogP contribution >= 0.6 is 11.3 Å². The van der Waals surface area contributed by atoms with E-state index in [1.165, 1.54) is 10.3 Å². The van der Waals surface area contributed by atoms with Crippen molar-refractivity contribution in [3.05, 3.63) is 23.8 Å². The van der Waals surface area contributed by atoms with Crippen molar-refractivity contribution < 1.29 is 4.79 Å². The lowest BCUT2D eigenvalue weighted by molar-refractivity contribution is 0.195. The normalized spacial score (nSPS) is 15.5. The molecule has 0 bridgehead atoms. The lowest BCUT2D eigenvalue weighted by Gasteiger charge is -2.34. The van der Waals surface area contributed by atoms with Crippen molar-refractivity contribution in [2.45, 2.75) is 13.8 Å². The largest absolute Gasteiger partial charge is 0.345 e. The number of thiazole rings is 1. The van der Waals surface area contributed by atoms with Crippen molar-refractivity contribution in [3.63, 3.8) is 0 Å². The fourth-order valence-electron chi connectivity index (χ4n) is 2.52. The predicted molar refractivity (Wildman–Crippen MR) is 87.2 cm³/mol. The molecule has 1 aromatic carbocycles. The number of aryl methyl sites for hydroxylation is 1. The van der Waals surface area contributed by atoms with Crippen molar-refractivity contribution in [2.75, 3.05) is 37.6 Å². The Morgan fingerprint density at radius 1 is 1.33 bits per heavy atom. The van der Waals surface area contributed by atoms with Crippen LogP contribution in [0.3, 0.4) is 0 Å². The second-order valence-electron chi connectivity index (χ2n) is 5.28. The lowest BCUT2D eigenvalue weighted by Crippen LogP contribution is -2.51. The number of carbonyl (C=O) groups is 1. The average Bonchev–Trinajstić information content (AvgIpc) is 2.90.